The Hall–Kier alpha value is -4.85. The van der Waals surface area contributed by atoms with E-state index in [9.17, 15) is 9.59 Å². The molecule has 0 aliphatic rings. The summed E-state index contributed by atoms with van der Waals surface area (Å²) in [7, 11) is 3.05. The smallest absolute Gasteiger partial charge is 0.339 e. The third-order valence-corrected chi connectivity index (χ3v) is 6.18. The van der Waals surface area contributed by atoms with Gasteiger partial charge in [0.2, 0.25) is 5.89 Å². The molecule has 1 aromatic heterocycles. The van der Waals surface area contributed by atoms with Crippen LogP contribution in [0.3, 0.4) is 0 Å². The molecule has 1 atom stereocenters. The fourth-order valence-electron chi connectivity index (χ4n) is 4.29. The number of nitrogens with zero attached hydrogens (tertiary/aromatic N) is 1. The predicted molar refractivity (Wildman–Crippen MR) is 145 cm³/mol. The van der Waals surface area contributed by atoms with Crippen molar-refractivity contribution >= 4 is 39.4 Å². The van der Waals surface area contributed by atoms with E-state index >= 15 is 0 Å². The summed E-state index contributed by atoms with van der Waals surface area (Å²) in [6.07, 6.45) is -0.743. The van der Waals surface area contributed by atoms with Gasteiger partial charge in [0.25, 0.3) is 5.91 Å². The van der Waals surface area contributed by atoms with Crippen LogP contribution in [0.1, 0.15) is 23.7 Å². The minimum absolute atomic E-state index is 0.279. The number of rotatable bonds is 8. The molecule has 5 rings (SSSR count). The molecule has 5 aromatic rings. The number of amides is 1. The molecular formula is C30H26N2O6. The van der Waals surface area contributed by atoms with Crippen molar-refractivity contribution in [3.8, 4) is 23.0 Å². The van der Waals surface area contributed by atoms with Crippen LogP contribution < -0.4 is 14.8 Å². The van der Waals surface area contributed by atoms with E-state index in [2.05, 4.69) is 10.3 Å². The zero-order valence-corrected chi connectivity index (χ0v) is 21.2. The van der Waals surface area contributed by atoms with E-state index in [0.717, 1.165) is 10.9 Å². The molecule has 0 aliphatic carbocycles. The number of oxazole rings is 1. The van der Waals surface area contributed by atoms with Crippen LogP contribution in [0.5, 0.6) is 11.5 Å². The van der Waals surface area contributed by atoms with Crippen LogP contribution in [-0.4, -0.2) is 37.2 Å². The second kappa shape index (κ2) is 10.6. The van der Waals surface area contributed by atoms with Crippen molar-refractivity contribution in [1.82, 2.24) is 4.98 Å². The van der Waals surface area contributed by atoms with Gasteiger partial charge in [-0.2, -0.15) is 0 Å². The van der Waals surface area contributed by atoms with Gasteiger partial charge in [-0.15, -0.1) is 0 Å². The third-order valence-electron chi connectivity index (χ3n) is 6.18. The molecule has 0 fully saturated rings. The lowest BCUT2D eigenvalue weighted by Gasteiger charge is -2.18. The number of carbonyl (C=O) groups is 2. The van der Waals surface area contributed by atoms with Gasteiger partial charge in [-0.1, -0.05) is 43.3 Å². The second-order valence-corrected chi connectivity index (χ2v) is 8.59. The van der Waals surface area contributed by atoms with Crippen LogP contribution in [0.15, 0.2) is 83.3 Å². The molecule has 8 nitrogen and oxygen atoms in total. The summed E-state index contributed by atoms with van der Waals surface area (Å²) in [6, 6.07) is 23.5. The van der Waals surface area contributed by atoms with E-state index in [-0.39, 0.29) is 6.42 Å². The van der Waals surface area contributed by atoms with Crippen LogP contribution in [0.4, 0.5) is 5.69 Å². The molecule has 4 aromatic carbocycles. The average molecular weight is 511 g/mol. The van der Waals surface area contributed by atoms with Crippen LogP contribution in [0, 0.1) is 0 Å². The van der Waals surface area contributed by atoms with E-state index in [1.165, 1.54) is 14.2 Å². The van der Waals surface area contributed by atoms with E-state index in [4.69, 9.17) is 18.6 Å². The molecule has 1 heterocycles. The van der Waals surface area contributed by atoms with Crippen LogP contribution in [0.25, 0.3) is 33.3 Å². The number of methoxy groups -OCH3 is 2. The Bertz CT molecular complexity index is 1580. The predicted octanol–water partition coefficient (Wildman–Crippen LogP) is 6.24. The first kappa shape index (κ1) is 24.8. The minimum Gasteiger partial charge on any atom is -0.497 e. The number of anilines is 1. The summed E-state index contributed by atoms with van der Waals surface area (Å²) >= 11 is 0. The molecule has 0 saturated carbocycles. The number of hydrogen-bond donors (Lipinski definition) is 1. The van der Waals surface area contributed by atoms with Crippen molar-refractivity contribution in [2.24, 2.45) is 0 Å². The highest BCUT2D eigenvalue weighted by atomic mass is 16.5. The highest BCUT2D eigenvalue weighted by Gasteiger charge is 2.25. The summed E-state index contributed by atoms with van der Waals surface area (Å²) < 4.78 is 22.3. The van der Waals surface area contributed by atoms with Gasteiger partial charge in [-0.05, 0) is 36.1 Å². The summed E-state index contributed by atoms with van der Waals surface area (Å²) in [5, 5.41) is 4.25. The van der Waals surface area contributed by atoms with Crippen molar-refractivity contribution in [3.63, 3.8) is 0 Å². The van der Waals surface area contributed by atoms with E-state index in [1.54, 1.807) is 37.3 Å². The van der Waals surface area contributed by atoms with Gasteiger partial charge in [0.05, 0.1) is 19.8 Å². The maximum Gasteiger partial charge on any atom is 0.339 e. The van der Waals surface area contributed by atoms with E-state index in [0.29, 0.717) is 45.2 Å². The van der Waals surface area contributed by atoms with E-state index < -0.39 is 18.0 Å². The highest BCUT2D eigenvalue weighted by molar-refractivity contribution is 6.10. The highest BCUT2D eigenvalue weighted by Crippen LogP contribution is 2.33. The number of carbonyl (C=O) groups excluding carboxylic acids is 2. The molecule has 1 unspecified atom stereocenters. The Morgan fingerprint density at radius 3 is 2.32 bits per heavy atom. The average Bonchev–Trinajstić information content (AvgIpc) is 3.39. The molecule has 0 spiro atoms. The number of aromatic nitrogens is 1. The lowest BCUT2D eigenvalue weighted by molar-refractivity contribution is -0.124. The first-order valence-corrected chi connectivity index (χ1v) is 12.1. The molecular weight excluding hydrogens is 484 g/mol. The quantitative estimate of drug-likeness (QED) is 0.247. The van der Waals surface area contributed by atoms with Gasteiger partial charge >= 0.3 is 5.97 Å². The Kier molecular flexibility index (Phi) is 6.95. The summed E-state index contributed by atoms with van der Waals surface area (Å²) in [5.41, 5.74) is 2.80. The fraction of sp³-hybridized carbons (Fsp3) is 0.167. The summed E-state index contributed by atoms with van der Waals surface area (Å²) in [6.45, 7) is 1.77. The van der Waals surface area contributed by atoms with Crippen molar-refractivity contribution in [2.75, 3.05) is 19.5 Å². The molecule has 0 aliphatic heterocycles. The van der Waals surface area contributed by atoms with Gasteiger partial charge in [0.15, 0.2) is 11.7 Å². The van der Waals surface area contributed by atoms with Gasteiger partial charge in [0.1, 0.15) is 17.0 Å². The first-order valence-electron chi connectivity index (χ1n) is 12.1. The fourth-order valence-corrected chi connectivity index (χ4v) is 4.29. The molecule has 1 N–H and O–H groups in total. The van der Waals surface area contributed by atoms with Gasteiger partial charge in [-0.25, -0.2) is 9.78 Å². The van der Waals surface area contributed by atoms with Gasteiger partial charge in [-0.3, -0.25) is 4.79 Å². The molecule has 0 bridgehead atoms. The number of esters is 1. The lowest BCUT2D eigenvalue weighted by atomic mass is 9.99. The number of nitrogens with one attached hydrogen (secondary N) is 1. The Morgan fingerprint density at radius 1 is 0.921 bits per heavy atom. The number of para-hydroxylation sites is 2. The second-order valence-electron chi connectivity index (χ2n) is 8.59. The van der Waals surface area contributed by atoms with Crippen LogP contribution in [-0.2, 0) is 9.53 Å². The molecule has 1 amide bonds. The molecule has 38 heavy (non-hydrogen) atoms. The molecule has 0 saturated heterocycles. The summed E-state index contributed by atoms with van der Waals surface area (Å²) in [5.74, 6) is 0.355. The SMILES string of the molecule is CCC(OC(=O)c1cccc2cccc(-c3nc4ccccc4o3)c12)C(=O)Nc1cc(OC)cc(OC)c1. The summed E-state index contributed by atoms with van der Waals surface area (Å²) in [4.78, 5) is 31.1. The Morgan fingerprint density at radius 2 is 1.63 bits per heavy atom. The number of fused-ring (bicyclic) bond motifs is 2. The normalized spacial score (nSPS) is 11.8. The van der Waals surface area contributed by atoms with Crippen molar-refractivity contribution in [2.45, 2.75) is 19.4 Å². The minimum atomic E-state index is -1.02. The first-order chi connectivity index (χ1) is 18.5. The van der Waals surface area contributed by atoms with Gasteiger partial charge < -0.3 is 23.9 Å². The van der Waals surface area contributed by atoms with E-state index in [1.807, 2.05) is 48.5 Å². The Labute approximate surface area is 219 Å². The zero-order chi connectivity index (χ0) is 26.6. The van der Waals surface area contributed by atoms with Crippen LogP contribution in [0.2, 0.25) is 0 Å². The van der Waals surface area contributed by atoms with Crippen molar-refractivity contribution in [1.29, 1.82) is 0 Å². The standard InChI is InChI=1S/C30H26N2O6/c1-4-25(28(33)31-19-15-20(35-2)17-21(16-19)36-3)38-30(34)23-12-8-10-18-9-7-11-22(27(18)23)29-32-24-13-5-6-14-26(24)37-29/h5-17,25H,4H2,1-3H3,(H,31,33). The topological polar surface area (TPSA) is 99.9 Å². The lowest BCUT2D eigenvalue weighted by Crippen LogP contribution is -2.32. The maximum absolute atomic E-state index is 13.4. The zero-order valence-electron chi connectivity index (χ0n) is 21.2. The largest absolute Gasteiger partial charge is 0.497 e. The van der Waals surface area contributed by atoms with Crippen molar-refractivity contribution < 1.29 is 28.2 Å². The maximum atomic E-state index is 13.4. The van der Waals surface area contributed by atoms with Gasteiger partial charge in [0, 0.05) is 34.8 Å². The van der Waals surface area contributed by atoms with Crippen LogP contribution >= 0.6 is 0 Å². The monoisotopic (exact) mass is 510 g/mol. The molecule has 0 radical (unpaired) electrons. The van der Waals surface area contributed by atoms with Crippen molar-refractivity contribution in [3.05, 3.63) is 84.4 Å². The number of ether oxygens (including phenoxy) is 3. The number of benzene rings is 4. The molecule has 192 valence electrons. The Balaban J connectivity index is 1.45. The third kappa shape index (κ3) is 4.88. The molecule has 8 heteroatoms. The number of hydrogen-bond acceptors (Lipinski definition) is 7.